The number of fused-ring (bicyclic) bond motifs is 3. The fraction of sp³-hybridized carbons (Fsp3) is 0. The first kappa shape index (κ1) is 15.0. The van der Waals surface area contributed by atoms with Crippen molar-refractivity contribution in [3.63, 3.8) is 0 Å². The second kappa shape index (κ2) is 6.13. The third kappa shape index (κ3) is 2.72. The van der Waals surface area contributed by atoms with Crippen LogP contribution in [0.2, 0.25) is 0 Å². The Morgan fingerprint density at radius 2 is 1.40 bits per heavy atom. The Balaban J connectivity index is 1.72. The van der Waals surface area contributed by atoms with E-state index in [1.54, 1.807) is 12.1 Å². The minimum Gasteiger partial charge on any atom is -0.258 e. The van der Waals surface area contributed by atoms with E-state index in [9.17, 15) is 10.1 Å². The highest BCUT2D eigenvalue weighted by Crippen LogP contribution is 2.36. The highest BCUT2D eigenvalue weighted by molar-refractivity contribution is 6.24. The van der Waals surface area contributed by atoms with Crippen LogP contribution < -0.4 is 0 Å². The number of nitro groups is 1. The third-order valence-electron chi connectivity index (χ3n) is 4.10. The number of benzene rings is 3. The van der Waals surface area contributed by atoms with Gasteiger partial charge in [0.15, 0.2) is 0 Å². The van der Waals surface area contributed by atoms with Crippen molar-refractivity contribution in [1.82, 2.24) is 0 Å². The summed E-state index contributed by atoms with van der Waals surface area (Å²) >= 11 is 0. The fourth-order valence-corrected chi connectivity index (χ4v) is 2.97. The Kier molecular flexibility index (Phi) is 3.67. The first-order chi connectivity index (χ1) is 12.2. The molecule has 1 aliphatic rings. The smallest absolute Gasteiger partial charge is 0.258 e. The standard InChI is InChI=1S/C20H13N3O2/c24-23(25)15-7-5-6-14(12-15)13-21-22-20-18-10-3-1-8-16(18)17-9-2-4-11-19(17)20/h1-13H/b21-13+. The first-order valence-electron chi connectivity index (χ1n) is 7.79. The van der Waals surface area contributed by atoms with Gasteiger partial charge in [0.25, 0.3) is 5.69 Å². The van der Waals surface area contributed by atoms with Gasteiger partial charge in [-0.3, -0.25) is 10.1 Å². The number of rotatable bonds is 3. The van der Waals surface area contributed by atoms with Crippen molar-refractivity contribution in [2.45, 2.75) is 0 Å². The summed E-state index contributed by atoms with van der Waals surface area (Å²) in [5.74, 6) is 0. The van der Waals surface area contributed by atoms with Crippen molar-refractivity contribution in [3.05, 3.63) is 99.6 Å². The minimum absolute atomic E-state index is 0.0353. The quantitative estimate of drug-likeness (QED) is 0.317. The van der Waals surface area contributed by atoms with Crippen LogP contribution in [0.4, 0.5) is 5.69 Å². The van der Waals surface area contributed by atoms with E-state index < -0.39 is 4.92 Å². The van der Waals surface area contributed by atoms with E-state index in [-0.39, 0.29) is 5.69 Å². The van der Waals surface area contributed by atoms with Crippen molar-refractivity contribution in [1.29, 1.82) is 0 Å². The summed E-state index contributed by atoms with van der Waals surface area (Å²) in [5.41, 5.74) is 5.85. The van der Waals surface area contributed by atoms with E-state index in [1.807, 2.05) is 36.4 Å². The predicted molar refractivity (Wildman–Crippen MR) is 98.2 cm³/mol. The van der Waals surface area contributed by atoms with Gasteiger partial charge in [-0.2, -0.15) is 5.10 Å². The Morgan fingerprint density at radius 3 is 2.00 bits per heavy atom. The number of non-ortho nitro benzene ring substituents is 1. The molecule has 0 amide bonds. The van der Waals surface area contributed by atoms with Crippen molar-refractivity contribution >= 4 is 17.6 Å². The van der Waals surface area contributed by atoms with E-state index in [0.717, 1.165) is 28.0 Å². The number of hydrogen-bond donors (Lipinski definition) is 0. The van der Waals surface area contributed by atoms with Crippen molar-refractivity contribution in [2.24, 2.45) is 10.2 Å². The predicted octanol–water partition coefficient (Wildman–Crippen LogP) is 4.45. The summed E-state index contributed by atoms with van der Waals surface area (Å²) in [4.78, 5) is 10.4. The van der Waals surface area contributed by atoms with Gasteiger partial charge < -0.3 is 0 Å². The Bertz CT molecular complexity index is 991. The molecule has 5 nitrogen and oxygen atoms in total. The molecule has 0 N–H and O–H groups in total. The first-order valence-corrected chi connectivity index (χ1v) is 7.79. The lowest BCUT2D eigenvalue weighted by molar-refractivity contribution is -0.384. The molecular weight excluding hydrogens is 314 g/mol. The second-order valence-electron chi connectivity index (χ2n) is 5.64. The molecule has 0 saturated carbocycles. The van der Waals surface area contributed by atoms with E-state index in [2.05, 4.69) is 22.3 Å². The topological polar surface area (TPSA) is 67.9 Å². The third-order valence-corrected chi connectivity index (χ3v) is 4.10. The molecule has 120 valence electrons. The van der Waals surface area contributed by atoms with Crippen LogP contribution >= 0.6 is 0 Å². The molecular formula is C20H13N3O2. The molecule has 3 aromatic rings. The Morgan fingerprint density at radius 1 is 0.800 bits per heavy atom. The van der Waals surface area contributed by atoms with Crippen LogP contribution in [0.25, 0.3) is 11.1 Å². The SMILES string of the molecule is O=[N+]([O-])c1cccc(/C=N/N=C2c3ccccc3-c3ccccc32)c1. The number of nitrogens with zero attached hydrogens (tertiary/aromatic N) is 3. The molecule has 0 radical (unpaired) electrons. The molecule has 4 rings (SSSR count). The van der Waals surface area contributed by atoms with E-state index in [4.69, 9.17) is 0 Å². The zero-order valence-corrected chi connectivity index (χ0v) is 13.2. The second-order valence-corrected chi connectivity index (χ2v) is 5.64. The molecule has 0 atom stereocenters. The molecule has 0 heterocycles. The Hall–Kier alpha value is -3.60. The van der Waals surface area contributed by atoms with Gasteiger partial charge in [-0.25, -0.2) is 0 Å². The van der Waals surface area contributed by atoms with Gasteiger partial charge in [-0.05, 0) is 11.1 Å². The van der Waals surface area contributed by atoms with Gasteiger partial charge in [-0.1, -0.05) is 60.7 Å². The van der Waals surface area contributed by atoms with Gasteiger partial charge in [0.1, 0.15) is 5.71 Å². The normalized spacial score (nSPS) is 12.1. The zero-order valence-electron chi connectivity index (χ0n) is 13.2. The maximum Gasteiger partial charge on any atom is 0.270 e. The van der Waals surface area contributed by atoms with Crippen LogP contribution in [-0.4, -0.2) is 16.8 Å². The molecule has 0 bridgehead atoms. The summed E-state index contributed by atoms with van der Waals surface area (Å²) in [7, 11) is 0. The van der Waals surface area contributed by atoms with Crippen molar-refractivity contribution in [3.8, 4) is 11.1 Å². The van der Waals surface area contributed by atoms with Gasteiger partial charge in [0.05, 0.1) is 11.1 Å². The summed E-state index contributed by atoms with van der Waals surface area (Å²) in [6.07, 6.45) is 1.53. The molecule has 0 fully saturated rings. The maximum absolute atomic E-state index is 10.8. The lowest BCUT2D eigenvalue weighted by Gasteiger charge is -1.98. The van der Waals surface area contributed by atoms with Gasteiger partial charge in [0.2, 0.25) is 0 Å². The van der Waals surface area contributed by atoms with Crippen LogP contribution in [0.5, 0.6) is 0 Å². The lowest BCUT2D eigenvalue weighted by Crippen LogP contribution is -1.97. The summed E-state index contributed by atoms with van der Waals surface area (Å²) < 4.78 is 0. The average Bonchev–Trinajstić information content (AvgIpc) is 2.96. The number of nitro benzene ring substituents is 1. The van der Waals surface area contributed by atoms with Crippen LogP contribution in [0, 0.1) is 10.1 Å². The van der Waals surface area contributed by atoms with Crippen LogP contribution in [0.3, 0.4) is 0 Å². The maximum atomic E-state index is 10.8. The Labute approximate surface area is 144 Å². The minimum atomic E-state index is -0.424. The van der Waals surface area contributed by atoms with Crippen LogP contribution in [0.1, 0.15) is 16.7 Å². The van der Waals surface area contributed by atoms with Gasteiger partial charge in [-0.15, -0.1) is 5.10 Å². The van der Waals surface area contributed by atoms with Crippen LogP contribution in [-0.2, 0) is 0 Å². The molecule has 0 aliphatic heterocycles. The van der Waals surface area contributed by atoms with Crippen molar-refractivity contribution < 1.29 is 4.92 Å². The molecule has 25 heavy (non-hydrogen) atoms. The fourth-order valence-electron chi connectivity index (χ4n) is 2.97. The highest BCUT2D eigenvalue weighted by Gasteiger charge is 2.23. The van der Waals surface area contributed by atoms with E-state index in [1.165, 1.54) is 18.3 Å². The molecule has 5 heteroatoms. The van der Waals surface area contributed by atoms with E-state index >= 15 is 0 Å². The summed E-state index contributed by atoms with van der Waals surface area (Å²) in [6.45, 7) is 0. The zero-order chi connectivity index (χ0) is 17.2. The summed E-state index contributed by atoms with van der Waals surface area (Å²) in [6, 6.07) is 22.5. The van der Waals surface area contributed by atoms with Gasteiger partial charge in [0, 0.05) is 28.8 Å². The molecule has 0 aromatic heterocycles. The lowest BCUT2D eigenvalue weighted by atomic mass is 10.1. The average molecular weight is 327 g/mol. The molecule has 3 aromatic carbocycles. The number of hydrogen-bond acceptors (Lipinski definition) is 4. The van der Waals surface area contributed by atoms with E-state index in [0.29, 0.717) is 5.56 Å². The summed E-state index contributed by atoms with van der Waals surface area (Å²) in [5, 5.41) is 19.4. The largest absolute Gasteiger partial charge is 0.270 e. The van der Waals surface area contributed by atoms with Gasteiger partial charge >= 0.3 is 0 Å². The monoisotopic (exact) mass is 327 g/mol. The molecule has 0 saturated heterocycles. The highest BCUT2D eigenvalue weighted by atomic mass is 16.6. The molecule has 0 unspecified atom stereocenters. The molecule has 1 aliphatic carbocycles. The van der Waals surface area contributed by atoms with Crippen LogP contribution in [0.15, 0.2) is 83.0 Å². The molecule has 0 spiro atoms. The van der Waals surface area contributed by atoms with Crippen molar-refractivity contribution in [2.75, 3.05) is 0 Å².